The number of carbonyl (C=O) groups is 1. The van der Waals surface area contributed by atoms with Gasteiger partial charge in [-0.05, 0) is 30.8 Å². The molecule has 0 atom stereocenters. The fraction of sp³-hybridized carbons (Fsp3) is 0.100. The van der Waals surface area contributed by atoms with E-state index in [2.05, 4.69) is 9.97 Å². The average molecular weight is 236 g/mol. The summed E-state index contributed by atoms with van der Waals surface area (Å²) in [6, 6.07) is 3.42. The van der Waals surface area contributed by atoms with Crippen LogP contribution in [0.1, 0.15) is 16.2 Å². The molecule has 0 fully saturated rings. The topological polar surface area (TPSA) is 76.0 Å². The lowest BCUT2D eigenvalue weighted by Gasteiger charge is -1.97. The zero-order valence-electron chi connectivity index (χ0n) is 8.39. The summed E-state index contributed by atoms with van der Waals surface area (Å²) in [5, 5.41) is -0.304. The van der Waals surface area contributed by atoms with E-state index in [1.165, 1.54) is 0 Å². The van der Waals surface area contributed by atoms with Crippen LogP contribution >= 0.6 is 11.8 Å². The third-order valence-corrected chi connectivity index (χ3v) is 2.75. The van der Waals surface area contributed by atoms with Crippen molar-refractivity contribution in [2.75, 3.05) is 0 Å². The summed E-state index contributed by atoms with van der Waals surface area (Å²) in [6.45, 7) is 1.62. The smallest absolute Gasteiger partial charge is 0.403 e. The highest BCUT2D eigenvalue weighted by Crippen LogP contribution is 2.22. The zero-order valence-corrected chi connectivity index (χ0v) is 9.21. The molecular weight excluding hydrogens is 228 g/mol. The number of aromatic amines is 1. The Hall–Kier alpha value is -1.82. The Morgan fingerprint density at radius 2 is 2.12 bits per heavy atom. The summed E-state index contributed by atoms with van der Waals surface area (Å²) in [4.78, 5) is 29.6. The molecule has 16 heavy (non-hydrogen) atoms. The second-order valence-electron chi connectivity index (χ2n) is 3.04. The molecule has 0 saturated heterocycles. The Morgan fingerprint density at radius 1 is 1.44 bits per heavy atom. The van der Waals surface area contributed by atoms with Gasteiger partial charge in [0.25, 0.3) is 5.12 Å². The van der Waals surface area contributed by atoms with Gasteiger partial charge in [0.2, 0.25) is 5.76 Å². The van der Waals surface area contributed by atoms with Crippen molar-refractivity contribution >= 4 is 16.9 Å². The number of H-pyrrole nitrogens is 1. The molecule has 6 heteroatoms. The molecule has 0 aromatic carbocycles. The number of aromatic nitrogens is 2. The van der Waals surface area contributed by atoms with Gasteiger partial charge in [-0.2, -0.15) is 0 Å². The number of nitrogens with one attached hydrogen (secondary N) is 1. The van der Waals surface area contributed by atoms with Crippen LogP contribution < -0.4 is 5.76 Å². The number of hydrogen-bond donors (Lipinski definition) is 1. The molecule has 0 aliphatic rings. The summed E-state index contributed by atoms with van der Waals surface area (Å²) in [7, 11) is 0. The maximum absolute atomic E-state index is 11.7. The SMILES string of the molecule is Cc1[nH]c(=O)oc1C(=O)Sc1ccncc1. The Morgan fingerprint density at radius 3 is 2.69 bits per heavy atom. The number of thioether (sulfide) groups is 1. The lowest BCUT2D eigenvalue weighted by atomic mass is 10.4. The van der Waals surface area contributed by atoms with Crippen molar-refractivity contribution in [2.45, 2.75) is 11.8 Å². The van der Waals surface area contributed by atoms with Gasteiger partial charge in [0.05, 0.1) is 5.69 Å². The van der Waals surface area contributed by atoms with E-state index in [1.807, 2.05) is 0 Å². The number of hydrogen-bond acceptors (Lipinski definition) is 5. The van der Waals surface area contributed by atoms with E-state index in [9.17, 15) is 9.59 Å². The minimum Gasteiger partial charge on any atom is -0.403 e. The third-order valence-electron chi connectivity index (χ3n) is 1.87. The number of carbonyl (C=O) groups excluding carboxylic acids is 1. The molecule has 2 heterocycles. The summed E-state index contributed by atoms with van der Waals surface area (Å²) in [5.74, 6) is -0.553. The van der Waals surface area contributed by atoms with Gasteiger partial charge in [-0.1, -0.05) is 0 Å². The minimum absolute atomic E-state index is 0.0619. The van der Waals surface area contributed by atoms with E-state index < -0.39 is 5.76 Å². The molecule has 0 radical (unpaired) electrons. The van der Waals surface area contributed by atoms with Crippen molar-refractivity contribution in [2.24, 2.45) is 0 Å². The number of aryl methyl sites for hydroxylation is 1. The predicted octanol–water partition coefficient (Wildman–Crippen LogP) is 1.60. The Labute approximate surface area is 94.9 Å². The van der Waals surface area contributed by atoms with Gasteiger partial charge in [-0.25, -0.2) is 4.79 Å². The van der Waals surface area contributed by atoms with Gasteiger partial charge < -0.3 is 4.42 Å². The van der Waals surface area contributed by atoms with Crippen LogP contribution in [0.2, 0.25) is 0 Å². The molecule has 2 aromatic heterocycles. The van der Waals surface area contributed by atoms with Gasteiger partial charge in [0.15, 0.2) is 0 Å². The van der Waals surface area contributed by atoms with E-state index in [0.29, 0.717) is 5.69 Å². The van der Waals surface area contributed by atoms with Gasteiger partial charge in [-0.3, -0.25) is 14.8 Å². The lowest BCUT2D eigenvalue weighted by Crippen LogP contribution is -1.94. The van der Waals surface area contributed by atoms with Crippen molar-refractivity contribution in [1.82, 2.24) is 9.97 Å². The fourth-order valence-electron chi connectivity index (χ4n) is 1.16. The molecule has 0 aliphatic carbocycles. The van der Waals surface area contributed by atoms with Gasteiger partial charge in [-0.15, -0.1) is 0 Å². The van der Waals surface area contributed by atoms with Crippen LogP contribution in [0.15, 0.2) is 38.6 Å². The monoisotopic (exact) mass is 236 g/mol. The fourth-order valence-corrected chi connectivity index (χ4v) is 1.92. The zero-order chi connectivity index (χ0) is 11.5. The molecule has 0 aliphatic heterocycles. The molecule has 0 spiro atoms. The van der Waals surface area contributed by atoms with E-state index in [-0.39, 0.29) is 10.9 Å². The van der Waals surface area contributed by atoms with Crippen molar-refractivity contribution in [3.05, 3.63) is 46.5 Å². The first-order chi connectivity index (χ1) is 7.66. The Bertz CT molecular complexity index is 559. The first-order valence-electron chi connectivity index (χ1n) is 4.49. The predicted molar refractivity (Wildman–Crippen MR) is 58.5 cm³/mol. The van der Waals surface area contributed by atoms with Crippen molar-refractivity contribution in [3.63, 3.8) is 0 Å². The van der Waals surface area contributed by atoms with E-state index >= 15 is 0 Å². The summed E-state index contributed by atoms with van der Waals surface area (Å²) in [5.41, 5.74) is 0.441. The van der Waals surface area contributed by atoms with Crippen LogP contribution in [-0.4, -0.2) is 15.1 Å². The van der Waals surface area contributed by atoms with Gasteiger partial charge >= 0.3 is 5.76 Å². The molecule has 0 saturated carbocycles. The van der Waals surface area contributed by atoms with E-state index in [0.717, 1.165) is 16.7 Å². The van der Waals surface area contributed by atoms with Gasteiger partial charge in [0, 0.05) is 17.3 Å². The molecule has 82 valence electrons. The Balaban J connectivity index is 2.21. The van der Waals surface area contributed by atoms with E-state index in [4.69, 9.17) is 4.42 Å². The third kappa shape index (κ3) is 2.22. The minimum atomic E-state index is -0.615. The quantitative estimate of drug-likeness (QED) is 0.801. The highest BCUT2D eigenvalue weighted by atomic mass is 32.2. The highest BCUT2D eigenvalue weighted by molar-refractivity contribution is 8.14. The van der Waals surface area contributed by atoms with Crippen LogP contribution in [0, 0.1) is 6.92 Å². The molecule has 0 amide bonds. The maximum Gasteiger partial charge on any atom is 0.417 e. The number of pyridine rings is 1. The van der Waals surface area contributed by atoms with Crippen molar-refractivity contribution in [1.29, 1.82) is 0 Å². The van der Waals surface area contributed by atoms with E-state index in [1.54, 1.807) is 31.5 Å². The normalized spacial score (nSPS) is 10.3. The van der Waals surface area contributed by atoms with Crippen LogP contribution in [0.25, 0.3) is 0 Å². The second-order valence-corrected chi connectivity index (χ2v) is 4.09. The van der Waals surface area contributed by atoms with Crippen LogP contribution in [-0.2, 0) is 0 Å². The number of rotatable bonds is 2. The first kappa shape index (κ1) is 10.7. The second kappa shape index (κ2) is 4.36. The number of oxazole rings is 1. The largest absolute Gasteiger partial charge is 0.417 e. The summed E-state index contributed by atoms with van der Waals surface area (Å²) < 4.78 is 4.75. The summed E-state index contributed by atoms with van der Waals surface area (Å²) >= 11 is 0.993. The van der Waals surface area contributed by atoms with Crippen molar-refractivity contribution < 1.29 is 9.21 Å². The van der Waals surface area contributed by atoms with Crippen LogP contribution in [0.5, 0.6) is 0 Å². The highest BCUT2D eigenvalue weighted by Gasteiger charge is 2.16. The van der Waals surface area contributed by atoms with Crippen LogP contribution in [0.3, 0.4) is 0 Å². The maximum atomic E-state index is 11.7. The molecule has 1 N–H and O–H groups in total. The molecule has 2 aromatic rings. The molecule has 0 unspecified atom stereocenters. The first-order valence-corrected chi connectivity index (χ1v) is 5.30. The summed E-state index contributed by atoms with van der Waals surface area (Å²) in [6.07, 6.45) is 3.19. The molecule has 0 bridgehead atoms. The standard InChI is InChI=1S/C10H8N2O3S/c1-6-8(15-10(14)12-6)9(13)16-7-2-4-11-5-3-7/h2-5H,1H3,(H,12,14). The van der Waals surface area contributed by atoms with Crippen molar-refractivity contribution in [3.8, 4) is 0 Å². The molecule has 5 nitrogen and oxygen atoms in total. The van der Waals surface area contributed by atoms with Gasteiger partial charge in [0.1, 0.15) is 0 Å². The lowest BCUT2D eigenvalue weighted by molar-refractivity contribution is 0.106. The van der Waals surface area contributed by atoms with Crippen LogP contribution in [0.4, 0.5) is 0 Å². The average Bonchev–Trinajstić information content (AvgIpc) is 2.59. The Kier molecular flexibility index (Phi) is 2.91. The molecular formula is C10H8N2O3S. The number of nitrogens with zero attached hydrogens (tertiary/aromatic N) is 1. The molecule has 2 rings (SSSR count).